The highest BCUT2D eigenvalue weighted by molar-refractivity contribution is 5.79. The Morgan fingerprint density at radius 1 is 1.45 bits per heavy atom. The number of likely N-dealkylation sites (tertiary alicyclic amines) is 1. The maximum atomic E-state index is 12.9. The van der Waals surface area contributed by atoms with Gasteiger partial charge in [0.15, 0.2) is 0 Å². The third-order valence-corrected chi connectivity index (χ3v) is 3.62. The van der Waals surface area contributed by atoms with Crippen LogP contribution in [0.2, 0.25) is 0 Å². The van der Waals surface area contributed by atoms with Crippen molar-refractivity contribution in [2.24, 2.45) is 5.92 Å². The third-order valence-electron chi connectivity index (χ3n) is 3.62. The second-order valence-corrected chi connectivity index (χ2v) is 5.23. The Balaban J connectivity index is 1.88. The van der Waals surface area contributed by atoms with E-state index < -0.39 is 0 Å². The summed E-state index contributed by atoms with van der Waals surface area (Å²) < 4.78 is 12.9. The number of amides is 1. The van der Waals surface area contributed by atoms with Gasteiger partial charge in [-0.15, -0.1) is 6.58 Å². The molecule has 1 N–H and O–H groups in total. The fourth-order valence-electron chi connectivity index (χ4n) is 2.58. The summed E-state index contributed by atoms with van der Waals surface area (Å²) in [5, 5.41) is 2.86. The van der Waals surface area contributed by atoms with Gasteiger partial charge >= 0.3 is 0 Å². The number of nitrogens with zero attached hydrogens (tertiary/aromatic N) is 1. The molecule has 1 aliphatic heterocycles. The van der Waals surface area contributed by atoms with Gasteiger partial charge in [0.05, 0.1) is 5.92 Å². The fourth-order valence-corrected chi connectivity index (χ4v) is 2.58. The van der Waals surface area contributed by atoms with Crippen LogP contribution in [0.15, 0.2) is 36.9 Å². The van der Waals surface area contributed by atoms with Gasteiger partial charge in [-0.3, -0.25) is 9.69 Å². The Hall–Kier alpha value is -1.68. The maximum absolute atomic E-state index is 12.9. The first-order valence-corrected chi connectivity index (χ1v) is 7.04. The minimum Gasteiger partial charge on any atom is -0.352 e. The molecular weight excluding hydrogens is 255 g/mol. The Kier molecular flexibility index (Phi) is 5.30. The number of rotatable bonds is 5. The lowest BCUT2D eigenvalue weighted by molar-refractivity contribution is -0.126. The molecule has 3 nitrogen and oxygen atoms in total. The molecule has 20 heavy (non-hydrogen) atoms. The number of halogens is 1. The second kappa shape index (κ2) is 7.20. The molecule has 0 spiro atoms. The quantitative estimate of drug-likeness (QED) is 0.837. The van der Waals surface area contributed by atoms with Crippen molar-refractivity contribution >= 4 is 5.91 Å². The molecule has 2 rings (SSSR count). The van der Waals surface area contributed by atoms with Gasteiger partial charge in [-0.05, 0) is 37.1 Å². The normalized spacial score (nSPS) is 19.6. The van der Waals surface area contributed by atoms with Gasteiger partial charge < -0.3 is 5.32 Å². The van der Waals surface area contributed by atoms with Gasteiger partial charge in [-0.1, -0.05) is 18.2 Å². The number of carbonyl (C=O) groups excluding carboxylic acids is 1. The van der Waals surface area contributed by atoms with Crippen LogP contribution in [-0.4, -0.2) is 30.4 Å². The Labute approximate surface area is 119 Å². The van der Waals surface area contributed by atoms with Gasteiger partial charge in [0.25, 0.3) is 0 Å². The van der Waals surface area contributed by atoms with Crippen LogP contribution in [0.1, 0.15) is 18.4 Å². The molecule has 1 heterocycles. The molecule has 1 aliphatic rings. The van der Waals surface area contributed by atoms with Crippen LogP contribution < -0.4 is 5.32 Å². The van der Waals surface area contributed by atoms with E-state index in [1.54, 1.807) is 18.2 Å². The third kappa shape index (κ3) is 4.17. The highest BCUT2D eigenvalue weighted by Gasteiger charge is 2.25. The molecule has 1 fully saturated rings. The molecule has 1 saturated heterocycles. The summed E-state index contributed by atoms with van der Waals surface area (Å²) in [4.78, 5) is 14.2. The first kappa shape index (κ1) is 14.7. The summed E-state index contributed by atoms with van der Waals surface area (Å²) >= 11 is 0. The van der Waals surface area contributed by atoms with Crippen molar-refractivity contribution in [3.8, 4) is 0 Å². The predicted octanol–water partition coefficient (Wildman–Crippen LogP) is 2.34. The van der Waals surface area contributed by atoms with Crippen molar-refractivity contribution in [3.05, 3.63) is 48.3 Å². The van der Waals surface area contributed by atoms with Gasteiger partial charge in [0, 0.05) is 19.6 Å². The van der Waals surface area contributed by atoms with Crippen molar-refractivity contribution in [2.45, 2.75) is 19.4 Å². The molecule has 0 aromatic heterocycles. The van der Waals surface area contributed by atoms with Crippen LogP contribution in [-0.2, 0) is 11.3 Å². The molecule has 0 aliphatic carbocycles. The van der Waals surface area contributed by atoms with E-state index in [1.165, 1.54) is 12.1 Å². The van der Waals surface area contributed by atoms with Crippen molar-refractivity contribution < 1.29 is 9.18 Å². The minimum absolute atomic E-state index is 0.0455. The van der Waals surface area contributed by atoms with E-state index in [0.717, 1.165) is 38.0 Å². The van der Waals surface area contributed by atoms with Gasteiger partial charge in [-0.25, -0.2) is 4.39 Å². The molecule has 1 aromatic carbocycles. The zero-order valence-electron chi connectivity index (χ0n) is 11.6. The first-order chi connectivity index (χ1) is 9.69. The van der Waals surface area contributed by atoms with Gasteiger partial charge in [0.2, 0.25) is 5.91 Å². The second-order valence-electron chi connectivity index (χ2n) is 5.23. The number of hydrogen-bond acceptors (Lipinski definition) is 2. The van der Waals surface area contributed by atoms with E-state index in [9.17, 15) is 9.18 Å². The molecule has 0 radical (unpaired) electrons. The minimum atomic E-state index is -0.214. The monoisotopic (exact) mass is 276 g/mol. The number of carbonyl (C=O) groups is 1. The summed E-state index contributed by atoms with van der Waals surface area (Å²) in [5.74, 6) is -0.0630. The number of piperidine rings is 1. The van der Waals surface area contributed by atoms with Crippen LogP contribution in [0.5, 0.6) is 0 Å². The maximum Gasteiger partial charge on any atom is 0.224 e. The highest BCUT2D eigenvalue weighted by Crippen LogP contribution is 2.19. The van der Waals surface area contributed by atoms with Crippen molar-refractivity contribution in [2.75, 3.05) is 19.6 Å². The van der Waals surface area contributed by atoms with Crippen molar-refractivity contribution in [1.82, 2.24) is 10.2 Å². The van der Waals surface area contributed by atoms with Crippen LogP contribution >= 0.6 is 0 Å². The topological polar surface area (TPSA) is 32.3 Å². The standard InChI is InChI=1S/C16H21FN2O/c1-2-9-18-16(20)14-4-3-10-19(12-14)11-13-5-7-15(17)8-6-13/h2,5-8,14H,1,3-4,9-12H2,(H,18,20). The molecule has 0 bridgehead atoms. The number of hydrogen-bond donors (Lipinski definition) is 1. The van der Waals surface area contributed by atoms with Crippen molar-refractivity contribution in [3.63, 3.8) is 0 Å². The summed E-state index contributed by atoms with van der Waals surface area (Å²) in [6.45, 7) is 6.64. The van der Waals surface area contributed by atoms with E-state index in [-0.39, 0.29) is 17.6 Å². The molecule has 1 atom stereocenters. The van der Waals surface area contributed by atoms with Crippen LogP contribution in [0.25, 0.3) is 0 Å². The average Bonchev–Trinajstić information content (AvgIpc) is 2.47. The molecule has 4 heteroatoms. The first-order valence-electron chi connectivity index (χ1n) is 7.04. The fraction of sp³-hybridized carbons (Fsp3) is 0.438. The summed E-state index contributed by atoms with van der Waals surface area (Å²) in [5.41, 5.74) is 1.08. The largest absolute Gasteiger partial charge is 0.352 e. The van der Waals surface area contributed by atoms with E-state index in [0.29, 0.717) is 6.54 Å². The van der Waals surface area contributed by atoms with E-state index in [4.69, 9.17) is 0 Å². The van der Waals surface area contributed by atoms with Crippen LogP contribution in [0.4, 0.5) is 4.39 Å². The zero-order chi connectivity index (χ0) is 14.4. The molecule has 0 saturated carbocycles. The molecule has 1 aromatic rings. The predicted molar refractivity (Wildman–Crippen MR) is 77.6 cm³/mol. The van der Waals surface area contributed by atoms with E-state index >= 15 is 0 Å². The van der Waals surface area contributed by atoms with E-state index in [1.807, 2.05) is 0 Å². The number of benzene rings is 1. The summed E-state index contributed by atoms with van der Waals surface area (Å²) in [6, 6.07) is 6.56. The smallest absolute Gasteiger partial charge is 0.224 e. The van der Waals surface area contributed by atoms with Crippen molar-refractivity contribution in [1.29, 1.82) is 0 Å². The Morgan fingerprint density at radius 2 is 2.20 bits per heavy atom. The highest BCUT2D eigenvalue weighted by atomic mass is 19.1. The molecule has 108 valence electrons. The average molecular weight is 276 g/mol. The van der Waals surface area contributed by atoms with Crippen LogP contribution in [0, 0.1) is 11.7 Å². The lowest BCUT2D eigenvalue weighted by Crippen LogP contribution is -2.42. The Bertz CT molecular complexity index is 458. The lowest BCUT2D eigenvalue weighted by Gasteiger charge is -2.32. The van der Waals surface area contributed by atoms with Crippen LogP contribution in [0.3, 0.4) is 0 Å². The van der Waals surface area contributed by atoms with Gasteiger partial charge in [-0.2, -0.15) is 0 Å². The molecular formula is C16H21FN2O. The Morgan fingerprint density at radius 3 is 2.90 bits per heavy atom. The summed E-state index contributed by atoms with van der Waals surface area (Å²) in [7, 11) is 0. The van der Waals surface area contributed by atoms with E-state index in [2.05, 4.69) is 16.8 Å². The lowest BCUT2D eigenvalue weighted by atomic mass is 9.96. The SMILES string of the molecule is C=CCNC(=O)C1CCCN(Cc2ccc(F)cc2)C1. The van der Waals surface area contributed by atoms with Gasteiger partial charge in [0.1, 0.15) is 5.82 Å². The zero-order valence-corrected chi connectivity index (χ0v) is 11.6. The summed E-state index contributed by atoms with van der Waals surface area (Å²) in [6.07, 6.45) is 3.65. The molecule has 1 amide bonds. The number of nitrogens with one attached hydrogen (secondary N) is 1. The molecule has 1 unspecified atom stereocenters.